The molecule has 0 saturated heterocycles. The summed E-state index contributed by atoms with van der Waals surface area (Å²) in [4.78, 5) is 21.2. The number of rotatable bonds is 3. The van der Waals surface area contributed by atoms with E-state index >= 15 is 0 Å². The van der Waals surface area contributed by atoms with Crippen molar-refractivity contribution >= 4 is 27.8 Å². The quantitative estimate of drug-likeness (QED) is 0.538. The first-order valence-electron chi connectivity index (χ1n) is 6.57. The Balaban J connectivity index is 1.61. The lowest BCUT2D eigenvalue weighted by Gasteiger charge is -2.05. The number of nitrogens with zero attached hydrogens (tertiary/aromatic N) is 1. The highest BCUT2D eigenvalue weighted by atomic mass is 16.4. The van der Waals surface area contributed by atoms with Crippen LogP contribution in [0.4, 0.5) is 5.69 Å². The van der Waals surface area contributed by atoms with Crippen molar-refractivity contribution in [1.29, 1.82) is 0 Å². The molecule has 0 aliphatic heterocycles. The second kappa shape index (κ2) is 4.52. The lowest BCUT2D eigenvalue weighted by molar-refractivity contribution is 0.555. The monoisotopic (exact) mass is 280 g/mol. The molecule has 1 aromatic carbocycles. The summed E-state index contributed by atoms with van der Waals surface area (Å²) in [6.07, 6.45) is 3.71. The number of H-pyrrole nitrogens is 2. The van der Waals surface area contributed by atoms with Crippen LogP contribution in [0.1, 0.15) is 5.56 Å². The third kappa shape index (κ3) is 2.06. The maximum absolute atomic E-state index is 11.1. The van der Waals surface area contributed by atoms with E-state index in [1.807, 2.05) is 30.5 Å². The van der Waals surface area contributed by atoms with Crippen LogP contribution in [-0.2, 0) is 6.54 Å². The number of anilines is 1. The van der Waals surface area contributed by atoms with Gasteiger partial charge in [0.2, 0.25) is 0 Å². The van der Waals surface area contributed by atoms with Crippen molar-refractivity contribution in [2.75, 3.05) is 5.32 Å². The van der Waals surface area contributed by atoms with Gasteiger partial charge >= 0.3 is 5.76 Å². The van der Waals surface area contributed by atoms with Crippen molar-refractivity contribution in [3.8, 4) is 0 Å². The maximum atomic E-state index is 11.1. The van der Waals surface area contributed by atoms with Crippen molar-refractivity contribution in [1.82, 2.24) is 15.0 Å². The molecule has 0 unspecified atom stereocenters. The third-order valence-electron chi connectivity index (χ3n) is 3.44. The van der Waals surface area contributed by atoms with Gasteiger partial charge in [-0.2, -0.15) is 0 Å². The number of fused-ring (bicyclic) bond motifs is 2. The summed E-state index contributed by atoms with van der Waals surface area (Å²) in [6, 6.07) is 9.46. The average Bonchev–Trinajstić information content (AvgIpc) is 3.07. The highest BCUT2D eigenvalue weighted by Gasteiger charge is 2.05. The number of pyridine rings is 1. The highest BCUT2D eigenvalue weighted by Crippen LogP contribution is 2.19. The number of oxazole rings is 1. The van der Waals surface area contributed by atoms with Gasteiger partial charge in [0.15, 0.2) is 5.58 Å². The Hall–Kier alpha value is -3.02. The van der Waals surface area contributed by atoms with Crippen molar-refractivity contribution < 1.29 is 4.42 Å². The Morgan fingerprint density at radius 2 is 2.24 bits per heavy atom. The minimum atomic E-state index is -0.440. The molecule has 21 heavy (non-hydrogen) atoms. The molecule has 4 aromatic rings. The fraction of sp³-hybridized carbons (Fsp3) is 0.0667. The minimum Gasteiger partial charge on any atom is -0.408 e. The summed E-state index contributed by atoms with van der Waals surface area (Å²) >= 11 is 0. The van der Waals surface area contributed by atoms with Crippen LogP contribution in [0, 0.1) is 0 Å². The van der Waals surface area contributed by atoms with Crippen LogP contribution in [0.2, 0.25) is 0 Å². The molecule has 0 bridgehead atoms. The summed E-state index contributed by atoms with van der Waals surface area (Å²) in [5, 5.41) is 4.43. The smallest absolute Gasteiger partial charge is 0.408 e. The summed E-state index contributed by atoms with van der Waals surface area (Å²) in [5.74, 6) is -0.440. The molecule has 0 amide bonds. The number of nitrogens with one attached hydrogen (secondary N) is 3. The van der Waals surface area contributed by atoms with Crippen molar-refractivity contribution in [3.05, 3.63) is 58.8 Å². The second-order valence-electron chi connectivity index (χ2n) is 4.79. The summed E-state index contributed by atoms with van der Waals surface area (Å²) < 4.78 is 4.98. The molecule has 0 spiro atoms. The molecule has 6 nitrogen and oxygen atoms in total. The SMILES string of the molecule is O=c1[nH]c2cc(NCc3c[nH]c4ncccc34)ccc2o1. The standard InChI is InChI=1S/C15H12N4O2/c20-15-19-12-6-10(3-4-13(12)21-15)17-7-9-8-18-14-11(9)2-1-5-16-14/h1-6,8,17H,7H2,(H,16,18)(H,19,20). The third-order valence-corrected chi connectivity index (χ3v) is 3.44. The predicted octanol–water partition coefficient (Wildman–Crippen LogP) is 2.61. The van der Waals surface area contributed by atoms with E-state index in [4.69, 9.17) is 4.42 Å². The van der Waals surface area contributed by atoms with Crippen LogP contribution in [-0.4, -0.2) is 15.0 Å². The Labute approximate surface area is 118 Å². The van der Waals surface area contributed by atoms with E-state index in [-0.39, 0.29) is 0 Å². The average molecular weight is 280 g/mol. The Kier molecular flexibility index (Phi) is 2.53. The van der Waals surface area contributed by atoms with E-state index < -0.39 is 5.76 Å². The molecule has 0 aliphatic carbocycles. The van der Waals surface area contributed by atoms with Crippen molar-refractivity contribution in [2.45, 2.75) is 6.54 Å². The molecule has 4 rings (SSSR count). The van der Waals surface area contributed by atoms with Crippen LogP contribution < -0.4 is 11.1 Å². The zero-order valence-corrected chi connectivity index (χ0v) is 11.0. The molecular formula is C15H12N4O2. The zero-order chi connectivity index (χ0) is 14.2. The van der Waals surface area contributed by atoms with Gasteiger partial charge in [-0.05, 0) is 35.9 Å². The lowest BCUT2D eigenvalue weighted by Crippen LogP contribution is -1.98. The van der Waals surface area contributed by atoms with Gasteiger partial charge < -0.3 is 14.7 Å². The van der Waals surface area contributed by atoms with E-state index in [1.54, 1.807) is 12.3 Å². The van der Waals surface area contributed by atoms with Gasteiger partial charge in [-0.15, -0.1) is 0 Å². The summed E-state index contributed by atoms with van der Waals surface area (Å²) in [6.45, 7) is 0.666. The van der Waals surface area contributed by atoms with Gasteiger partial charge in [0.05, 0.1) is 5.52 Å². The van der Waals surface area contributed by atoms with Crippen LogP contribution in [0.15, 0.2) is 51.9 Å². The van der Waals surface area contributed by atoms with E-state index in [9.17, 15) is 4.79 Å². The van der Waals surface area contributed by atoms with Gasteiger partial charge in [-0.25, -0.2) is 9.78 Å². The van der Waals surface area contributed by atoms with Crippen molar-refractivity contribution in [3.63, 3.8) is 0 Å². The zero-order valence-electron chi connectivity index (χ0n) is 11.0. The first kappa shape index (κ1) is 11.8. The number of hydrogen-bond donors (Lipinski definition) is 3. The molecule has 0 radical (unpaired) electrons. The van der Waals surface area contributed by atoms with Gasteiger partial charge in [0, 0.05) is 30.0 Å². The molecule has 6 heteroatoms. The normalized spacial score (nSPS) is 11.2. The fourth-order valence-electron chi connectivity index (χ4n) is 2.42. The van der Waals surface area contributed by atoms with E-state index in [1.165, 1.54) is 0 Å². The van der Waals surface area contributed by atoms with Gasteiger partial charge in [-0.1, -0.05) is 0 Å². The van der Waals surface area contributed by atoms with Crippen molar-refractivity contribution in [2.24, 2.45) is 0 Å². The molecule has 3 heterocycles. The topological polar surface area (TPSA) is 86.7 Å². The lowest BCUT2D eigenvalue weighted by atomic mass is 10.2. The Morgan fingerprint density at radius 3 is 3.19 bits per heavy atom. The van der Waals surface area contributed by atoms with Crippen LogP contribution in [0.5, 0.6) is 0 Å². The summed E-state index contributed by atoms with van der Waals surface area (Å²) in [7, 11) is 0. The molecule has 3 aromatic heterocycles. The Bertz CT molecular complexity index is 980. The van der Waals surface area contributed by atoms with E-state index in [2.05, 4.69) is 20.3 Å². The van der Waals surface area contributed by atoms with Crippen LogP contribution >= 0.6 is 0 Å². The number of hydrogen-bond acceptors (Lipinski definition) is 4. The number of benzene rings is 1. The molecule has 104 valence electrons. The summed E-state index contributed by atoms with van der Waals surface area (Å²) in [5.41, 5.74) is 4.17. The molecule has 0 saturated carbocycles. The molecule has 0 fully saturated rings. The fourth-order valence-corrected chi connectivity index (χ4v) is 2.42. The Morgan fingerprint density at radius 1 is 1.29 bits per heavy atom. The molecule has 3 N–H and O–H groups in total. The first-order valence-corrected chi connectivity index (χ1v) is 6.57. The molecular weight excluding hydrogens is 268 g/mol. The maximum Gasteiger partial charge on any atom is 0.417 e. The molecule has 0 aliphatic rings. The minimum absolute atomic E-state index is 0.440. The van der Waals surface area contributed by atoms with E-state index in [0.717, 1.165) is 22.3 Å². The number of aromatic amines is 2. The van der Waals surface area contributed by atoms with Gasteiger partial charge in [0.25, 0.3) is 0 Å². The highest BCUT2D eigenvalue weighted by molar-refractivity contribution is 5.80. The number of aromatic nitrogens is 3. The van der Waals surface area contributed by atoms with E-state index in [0.29, 0.717) is 17.6 Å². The van der Waals surface area contributed by atoms with Crippen LogP contribution in [0.25, 0.3) is 22.1 Å². The largest absolute Gasteiger partial charge is 0.417 e. The molecule has 0 atom stereocenters. The second-order valence-corrected chi connectivity index (χ2v) is 4.79. The van der Waals surface area contributed by atoms with Gasteiger partial charge in [0.1, 0.15) is 5.65 Å². The first-order chi connectivity index (χ1) is 10.3. The predicted molar refractivity (Wildman–Crippen MR) is 80.3 cm³/mol. The van der Waals surface area contributed by atoms with Gasteiger partial charge in [-0.3, -0.25) is 4.98 Å². The van der Waals surface area contributed by atoms with Crippen LogP contribution in [0.3, 0.4) is 0 Å².